The molecule has 0 radical (unpaired) electrons. The Kier molecular flexibility index (Phi) is 5.75. The van der Waals surface area contributed by atoms with Gasteiger partial charge in [-0.15, -0.1) is 0 Å². The minimum Gasteiger partial charge on any atom is -0.377 e. The van der Waals surface area contributed by atoms with Crippen molar-refractivity contribution in [3.8, 4) is 11.4 Å². The molecule has 0 bridgehead atoms. The van der Waals surface area contributed by atoms with Gasteiger partial charge in [0.05, 0.1) is 6.10 Å². The average molecular weight is 366 g/mol. The molecule has 0 spiro atoms. The smallest absolute Gasteiger partial charge is 0.251 e. The first-order chi connectivity index (χ1) is 13.3. The molecular formula is C21H26N4O2. The molecule has 4 rings (SSSR count). The van der Waals surface area contributed by atoms with E-state index in [1.807, 2.05) is 24.3 Å². The number of hydrogen-bond donors (Lipinski definition) is 1. The molecule has 6 heteroatoms. The fraction of sp³-hybridized carbons (Fsp3) is 0.476. The first-order valence-corrected chi connectivity index (χ1v) is 9.80. The summed E-state index contributed by atoms with van der Waals surface area (Å²) in [7, 11) is 0. The van der Waals surface area contributed by atoms with Crippen molar-refractivity contribution in [2.24, 2.45) is 0 Å². The number of benzene rings is 1. The zero-order valence-corrected chi connectivity index (χ0v) is 15.5. The molecule has 0 aliphatic carbocycles. The van der Waals surface area contributed by atoms with E-state index in [0.29, 0.717) is 17.5 Å². The van der Waals surface area contributed by atoms with Crippen LogP contribution in [0.5, 0.6) is 0 Å². The number of aromatic nitrogens is 2. The van der Waals surface area contributed by atoms with Gasteiger partial charge in [0.25, 0.3) is 5.91 Å². The number of ether oxygens (including phenoxy) is 1. The van der Waals surface area contributed by atoms with Crippen LogP contribution in [-0.4, -0.2) is 59.2 Å². The van der Waals surface area contributed by atoms with E-state index in [-0.39, 0.29) is 11.9 Å². The molecular weight excluding hydrogens is 340 g/mol. The van der Waals surface area contributed by atoms with Crippen molar-refractivity contribution in [3.05, 3.63) is 48.3 Å². The van der Waals surface area contributed by atoms with Gasteiger partial charge < -0.3 is 15.0 Å². The van der Waals surface area contributed by atoms with E-state index in [0.717, 1.165) is 44.6 Å². The number of rotatable bonds is 5. The van der Waals surface area contributed by atoms with Crippen molar-refractivity contribution in [1.82, 2.24) is 20.2 Å². The van der Waals surface area contributed by atoms with E-state index in [1.54, 1.807) is 18.5 Å². The highest BCUT2D eigenvalue weighted by Gasteiger charge is 2.25. The second kappa shape index (κ2) is 8.59. The third kappa shape index (κ3) is 4.70. The van der Waals surface area contributed by atoms with Gasteiger partial charge >= 0.3 is 0 Å². The third-order valence-corrected chi connectivity index (χ3v) is 5.36. The summed E-state index contributed by atoms with van der Waals surface area (Å²) in [6, 6.07) is 9.52. The Bertz CT molecular complexity index is 754. The monoisotopic (exact) mass is 366 g/mol. The molecule has 2 aliphatic heterocycles. The van der Waals surface area contributed by atoms with E-state index in [9.17, 15) is 4.79 Å². The summed E-state index contributed by atoms with van der Waals surface area (Å²) < 4.78 is 5.73. The maximum atomic E-state index is 12.7. The molecule has 1 unspecified atom stereocenters. The van der Waals surface area contributed by atoms with Crippen LogP contribution < -0.4 is 5.32 Å². The summed E-state index contributed by atoms with van der Waals surface area (Å²) in [5.74, 6) is 0.611. The molecule has 1 aromatic heterocycles. The standard InChI is InChI=1S/C21H26N4O2/c26-21(17-5-1-4-16(14-17)20-22-9-3-10-23-20)24-18-7-11-25(12-8-18)15-19-6-2-13-27-19/h1,3-5,9-10,14,18-19H,2,6-8,11-13,15H2,(H,24,26). The summed E-state index contributed by atoms with van der Waals surface area (Å²) in [5.41, 5.74) is 1.51. The maximum absolute atomic E-state index is 12.7. The average Bonchev–Trinajstić information content (AvgIpc) is 3.23. The number of hydrogen-bond acceptors (Lipinski definition) is 5. The third-order valence-electron chi connectivity index (χ3n) is 5.36. The molecule has 142 valence electrons. The molecule has 1 amide bonds. The van der Waals surface area contributed by atoms with E-state index in [4.69, 9.17) is 4.74 Å². The second-order valence-electron chi connectivity index (χ2n) is 7.34. The van der Waals surface area contributed by atoms with Gasteiger partial charge in [0, 0.05) is 55.8 Å². The van der Waals surface area contributed by atoms with Crippen molar-refractivity contribution in [2.45, 2.75) is 37.8 Å². The first-order valence-electron chi connectivity index (χ1n) is 9.80. The Morgan fingerprint density at radius 1 is 1.15 bits per heavy atom. The molecule has 3 heterocycles. The molecule has 2 saturated heterocycles. The van der Waals surface area contributed by atoms with E-state index in [1.165, 1.54) is 12.8 Å². The normalized spacial score (nSPS) is 21.3. The number of amides is 1. The van der Waals surface area contributed by atoms with E-state index >= 15 is 0 Å². The molecule has 2 aliphatic rings. The van der Waals surface area contributed by atoms with Crippen LogP contribution >= 0.6 is 0 Å². The van der Waals surface area contributed by atoms with Crippen molar-refractivity contribution in [2.75, 3.05) is 26.2 Å². The van der Waals surface area contributed by atoms with E-state index < -0.39 is 0 Å². The lowest BCUT2D eigenvalue weighted by molar-refractivity contribution is 0.0613. The van der Waals surface area contributed by atoms with Gasteiger partial charge in [0.2, 0.25) is 0 Å². The summed E-state index contributed by atoms with van der Waals surface area (Å²) >= 11 is 0. The van der Waals surface area contributed by atoms with Crippen molar-refractivity contribution in [1.29, 1.82) is 0 Å². The predicted molar refractivity (Wildman–Crippen MR) is 103 cm³/mol. The molecule has 1 atom stereocenters. The molecule has 1 N–H and O–H groups in total. The largest absolute Gasteiger partial charge is 0.377 e. The van der Waals surface area contributed by atoms with Crippen LogP contribution in [0.1, 0.15) is 36.0 Å². The number of nitrogens with zero attached hydrogens (tertiary/aromatic N) is 3. The van der Waals surface area contributed by atoms with Gasteiger partial charge in [-0.1, -0.05) is 12.1 Å². The number of carbonyl (C=O) groups is 1. The lowest BCUT2D eigenvalue weighted by Crippen LogP contribution is -2.46. The zero-order chi connectivity index (χ0) is 18.5. The summed E-state index contributed by atoms with van der Waals surface area (Å²) in [6.45, 7) is 3.97. The molecule has 6 nitrogen and oxygen atoms in total. The van der Waals surface area contributed by atoms with Gasteiger partial charge in [0.15, 0.2) is 5.82 Å². The minimum atomic E-state index is -0.0228. The van der Waals surface area contributed by atoms with E-state index in [2.05, 4.69) is 20.2 Å². The minimum absolute atomic E-state index is 0.0228. The highest BCUT2D eigenvalue weighted by molar-refractivity contribution is 5.95. The van der Waals surface area contributed by atoms with Crippen LogP contribution in [-0.2, 0) is 4.74 Å². The van der Waals surface area contributed by atoms with Crippen LogP contribution in [0, 0.1) is 0 Å². The second-order valence-corrected chi connectivity index (χ2v) is 7.34. The van der Waals surface area contributed by atoms with Crippen molar-refractivity contribution in [3.63, 3.8) is 0 Å². The molecule has 2 aromatic rings. The molecule has 0 saturated carbocycles. The SMILES string of the molecule is O=C(NC1CCN(CC2CCCO2)CC1)c1cccc(-c2ncccn2)c1. The van der Waals surface area contributed by atoms with Crippen LogP contribution in [0.2, 0.25) is 0 Å². The van der Waals surface area contributed by atoms with Gasteiger partial charge in [-0.3, -0.25) is 4.79 Å². The number of likely N-dealkylation sites (tertiary alicyclic amines) is 1. The quantitative estimate of drug-likeness (QED) is 0.881. The Labute approximate surface area is 160 Å². The van der Waals surface area contributed by atoms with Crippen molar-refractivity contribution >= 4 is 5.91 Å². The predicted octanol–water partition coefficient (Wildman–Crippen LogP) is 2.52. The van der Waals surface area contributed by atoms with Crippen LogP contribution in [0.3, 0.4) is 0 Å². The number of nitrogens with one attached hydrogen (secondary N) is 1. The Morgan fingerprint density at radius 3 is 2.70 bits per heavy atom. The molecule has 1 aromatic carbocycles. The highest BCUT2D eigenvalue weighted by Crippen LogP contribution is 2.18. The van der Waals surface area contributed by atoms with Gasteiger partial charge in [0.1, 0.15) is 0 Å². The molecule has 27 heavy (non-hydrogen) atoms. The summed E-state index contributed by atoms with van der Waals surface area (Å²) in [6.07, 6.45) is 8.15. The lowest BCUT2D eigenvalue weighted by Gasteiger charge is -2.33. The maximum Gasteiger partial charge on any atom is 0.251 e. The Balaban J connectivity index is 1.31. The van der Waals surface area contributed by atoms with Gasteiger partial charge in [-0.2, -0.15) is 0 Å². The fourth-order valence-electron chi connectivity index (χ4n) is 3.85. The Morgan fingerprint density at radius 2 is 1.96 bits per heavy atom. The first kappa shape index (κ1) is 18.1. The molecule has 2 fully saturated rings. The van der Waals surface area contributed by atoms with Crippen LogP contribution in [0.25, 0.3) is 11.4 Å². The fourth-order valence-corrected chi connectivity index (χ4v) is 3.85. The lowest BCUT2D eigenvalue weighted by atomic mass is 10.0. The Hall–Kier alpha value is -2.31. The van der Waals surface area contributed by atoms with Gasteiger partial charge in [-0.25, -0.2) is 9.97 Å². The van der Waals surface area contributed by atoms with Crippen LogP contribution in [0.15, 0.2) is 42.7 Å². The number of carbonyl (C=O) groups excluding carboxylic acids is 1. The van der Waals surface area contributed by atoms with Crippen LogP contribution in [0.4, 0.5) is 0 Å². The number of piperidine rings is 1. The van der Waals surface area contributed by atoms with Crippen molar-refractivity contribution < 1.29 is 9.53 Å². The summed E-state index contributed by atoms with van der Waals surface area (Å²) in [4.78, 5) is 23.6. The zero-order valence-electron chi connectivity index (χ0n) is 15.5. The summed E-state index contributed by atoms with van der Waals surface area (Å²) in [5, 5.41) is 3.19. The topological polar surface area (TPSA) is 67.4 Å². The highest BCUT2D eigenvalue weighted by atomic mass is 16.5. The van der Waals surface area contributed by atoms with Gasteiger partial charge in [-0.05, 0) is 43.9 Å².